The Morgan fingerprint density at radius 2 is 2.00 bits per heavy atom. The number of amides is 1. The van der Waals surface area contributed by atoms with E-state index in [4.69, 9.17) is 0 Å². The molecule has 0 spiro atoms. The van der Waals surface area contributed by atoms with E-state index >= 15 is 0 Å². The van der Waals surface area contributed by atoms with Gasteiger partial charge in [0.1, 0.15) is 0 Å². The first-order valence-corrected chi connectivity index (χ1v) is 6.95. The van der Waals surface area contributed by atoms with E-state index in [-0.39, 0.29) is 18.3 Å². The molecular formula is C13H24ClN3O. The van der Waals surface area contributed by atoms with Gasteiger partial charge < -0.3 is 15.1 Å². The van der Waals surface area contributed by atoms with E-state index in [0.717, 1.165) is 38.1 Å². The van der Waals surface area contributed by atoms with Crippen molar-refractivity contribution < 1.29 is 4.79 Å². The number of hydrogen-bond donors (Lipinski definition) is 1. The number of nitrogens with zero attached hydrogens (tertiary/aromatic N) is 2. The monoisotopic (exact) mass is 273 g/mol. The number of likely N-dealkylation sites (tertiary alicyclic amines) is 2. The minimum absolute atomic E-state index is 0. The number of piperidine rings is 2. The SMILES string of the molecule is CN1CCCC2CN(C(=O)C3CNC3)CCC21.Cl. The van der Waals surface area contributed by atoms with E-state index in [1.165, 1.54) is 25.8 Å². The van der Waals surface area contributed by atoms with Crippen molar-refractivity contribution in [2.75, 3.05) is 39.8 Å². The van der Waals surface area contributed by atoms with Crippen molar-refractivity contribution in [3.63, 3.8) is 0 Å². The van der Waals surface area contributed by atoms with Crippen LogP contribution in [0.2, 0.25) is 0 Å². The highest BCUT2D eigenvalue weighted by atomic mass is 35.5. The Hall–Kier alpha value is -0.320. The van der Waals surface area contributed by atoms with Gasteiger partial charge in [0, 0.05) is 32.2 Å². The van der Waals surface area contributed by atoms with Gasteiger partial charge in [0.15, 0.2) is 0 Å². The largest absolute Gasteiger partial charge is 0.342 e. The van der Waals surface area contributed by atoms with Crippen LogP contribution in [-0.2, 0) is 4.79 Å². The first-order valence-electron chi connectivity index (χ1n) is 6.95. The van der Waals surface area contributed by atoms with Gasteiger partial charge in [0.2, 0.25) is 5.91 Å². The second kappa shape index (κ2) is 5.76. The van der Waals surface area contributed by atoms with E-state index in [2.05, 4.69) is 22.2 Å². The second-order valence-electron chi connectivity index (χ2n) is 5.88. The van der Waals surface area contributed by atoms with Crippen LogP contribution in [0.15, 0.2) is 0 Å². The third-order valence-electron chi connectivity index (χ3n) is 4.79. The summed E-state index contributed by atoms with van der Waals surface area (Å²) in [5, 5.41) is 3.19. The van der Waals surface area contributed by atoms with Crippen molar-refractivity contribution in [2.45, 2.75) is 25.3 Å². The fourth-order valence-corrected chi connectivity index (χ4v) is 3.57. The summed E-state index contributed by atoms with van der Waals surface area (Å²) in [6, 6.07) is 0.729. The topological polar surface area (TPSA) is 35.6 Å². The van der Waals surface area contributed by atoms with Crippen molar-refractivity contribution in [3.05, 3.63) is 0 Å². The van der Waals surface area contributed by atoms with Crippen LogP contribution in [0.3, 0.4) is 0 Å². The first kappa shape index (κ1) is 14.1. The predicted molar refractivity (Wildman–Crippen MR) is 73.9 cm³/mol. The Labute approximate surface area is 115 Å². The van der Waals surface area contributed by atoms with Crippen molar-refractivity contribution in [3.8, 4) is 0 Å². The van der Waals surface area contributed by atoms with Gasteiger partial charge in [-0.2, -0.15) is 0 Å². The lowest BCUT2D eigenvalue weighted by Gasteiger charge is -2.47. The Kier molecular flexibility index (Phi) is 4.51. The number of halogens is 1. The van der Waals surface area contributed by atoms with Crippen LogP contribution < -0.4 is 5.32 Å². The molecule has 0 aromatic heterocycles. The van der Waals surface area contributed by atoms with Gasteiger partial charge in [-0.3, -0.25) is 4.79 Å². The van der Waals surface area contributed by atoms with Gasteiger partial charge in [-0.05, 0) is 38.8 Å². The molecule has 0 saturated carbocycles. The molecule has 5 heteroatoms. The summed E-state index contributed by atoms with van der Waals surface area (Å²) in [4.78, 5) is 16.8. The van der Waals surface area contributed by atoms with Crippen LogP contribution in [0.5, 0.6) is 0 Å². The Balaban J connectivity index is 0.00000120. The Bertz CT molecular complexity index is 309. The van der Waals surface area contributed by atoms with Gasteiger partial charge in [-0.15, -0.1) is 12.4 Å². The predicted octanol–water partition coefficient (Wildman–Crippen LogP) is 0.570. The molecule has 0 bridgehead atoms. The normalized spacial score (nSPS) is 33.3. The highest BCUT2D eigenvalue weighted by Crippen LogP contribution is 2.30. The first-order chi connectivity index (χ1) is 8.25. The zero-order chi connectivity index (χ0) is 11.8. The van der Waals surface area contributed by atoms with Gasteiger partial charge in [-0.25, -0.2) is 0 Å². The smallest absolute Gasteiger partial charge is 0.228 e. The maximum atomic E-state index is 12.2. The molecule has 2 unspecified atom stereocenters. The summed E-state index contributed by atoms with van der Waals surface area (Å²) < 4.78 is 0. The van der Waals surface area contributed by atoms with Crippen LogP contribution in [-0.4, -0.2) is 61.5 Å². The minimum Gasteiger partial charge on any atom is -0.342 e. The van der Waals surface area contributed by atoms with Gasteiger partial charge >= 0.3 is 0 Å². The third kappa shape index (κ3) is 2.51. The fourth-order valence-electron chi connectivity index (χ4n) is 3.57. The maximum absolute atomic E-state index is 12.2. The summed E-state index contributed by atoms with van der Waals surface area (Å²) in [6.07, 6.45) is 3.78. The minimum atomic E-state index is 0. The molecule has 3 aliphatic rings. The molecule has 3 fully saturated rings. The molecule has 0 aliphatic carbocycles. The highest BCUT2D eigenvalue weighted by Gasteiger charge is 2.38. The van der Waals surface area contributed by atoms with Crippen LogP contribution in [0.25, 0.3) is 0 Å². The van der Waals surface area contributed by atoms with Crippen molar-refractivity contribution >= 4 is 18.3 Å². The highest BCUT2D eigenvalue weighted by molar-refractivity contribution is 5.85. The third-order valence-corrected chi connectivity index (χ3v) is 4.79. The zero-order valence-electron chi connectivity index (χ0n) is 11.1. The summed E-state index contributed by atoms with van der Waals surface area (Å²) in [5.41, 5.74) is 0. The van der Waals surface area contributed by atoms with E-state index in [9.17, 15) is 4.79 Å². The van der Waals surface area contributed by atoms with Crippen molar-refractivity contribution in [1.29, 1.82) is 0 Å². The van der Waals surface area contributed by atoms with Crippen LogP contribution in [0, 0.1) is 11.8 Å². The number of carbonyl (C=O) groups is 1. The quantitative estimate of drug-likeness (QED) is 0.759. The second-order valence-corrected chi connectivity index (χ2v) is 5.88. The van der Waals surface area contributed by atoms with Crippen molar-refractivity contribution in [2.24, 2.45) is 11.8 Å². The number of nitrogens with one attached hydrogen (secondary N) is 1. The summed E-state index contributed by atoms with van der Waals surface area (Å²) >= 11 is 0. The molecule has 2 atom stereocenters. The van der Waals surface area contributed by atoms with Gasteiger partial charge in [0.05, 0.1) is 5.92 Å². The standard InChI is InChI=1S/C13H23N3O.ClH/c1-15-5-2-3-10-9-16(6-4-12(10)15)13(17)11-7-14-8-11;/h10-12,14H,2-9H2,1H3;1H. The van der Waals surface area contributed by atoms with E-state index in [1.54, 1.807) is 0 Å². The number of rotatable bonds is 1. The lowest BCUT2D eigenvalue weighted by Crippen LogP contribution is -2.58. The average Bonchev–Trinajstić information content (AvgIpc) is 2.26. The molecule has 0 aromatic carbocycles. The van der Waals surface area contributed by atoms with Crippen molar-refractivity contribution in [1.82, 2.24) is 15.1 Å². The molecule has 0 radical (unpaired) electrons. The molecule has 3 saturated heterocycles. The van der Waals surface area contributed by atoms with Gasteiger partial charge in [-0.1, -0.05) is 0 Å². The van der Waals surface area contributed by atoms with Crippen LogP contribution >= 0.6 is 12.4 Å². The molecule has 0 aromatic rings. The van der Waals surface area contributed by atoms with E-state index in [1.807, 2.05) is 0 Å². The lowest BCUT2D eigenvalue weighted by atomic mass is 9.83. The molecular weight excluding hydrogens is 250 g/mol. The molecule has 3 aliphatic heterocycles. The number of hydrogen-bond acceptors (Lipinski definition) is 3. The Morgan fingerprint density at radius 3 is 2.67 bits per heavy atom. The number of carbonyl (C=O) groups excluding carboxylic acids is 1. The van der Waals surface area contributed by atoms with E-state index < -0.39 is 0 Å². The average molecular weight is 274 g/mol. The molecule has 1 N–H and O–H groups in total. The van der Waals surface area contributed by atoms with Crippen LogP contribution in [0.1, 0.15) is 19.3 Å². The maximum Gasteiger partial charge on any atom is 0.228 e. The molecule has 18 heavy (non-hydrogen) atoms. The summed E-state index contributed by atoms with van der Waals surface area (Å²) in [7, 11) is 2.24. The van der Waals surface area contributed by atoms with Crippen LogP contribution in [0.4, 0.5) is 0 Å². The molecule has 1 amide bonds. The van der Waals surface area contributed by atoms with E-state index in [0.29, 0.717) is 5.91 Å². The summed E-state index contributed by atoms with van der Waals surface area (Å²) in [5.74, 6) is 1.39. The fraction of sp³-hybridized carbons (Fsp3) is 0.923. The van der Waals surface area contributed by atoms with Gasteiger partial charge in [0.25, 0.3) is 0 Å². The summed E-state index contributed by atoms with van der Waals surface area (Å²) in [6.45, 7) is 5.00. The number of fused-ring (bicyclic) bond motifs is 1. The zero-order valence-corrected chi connectivity index (χ0v) is 11.9. The molecule has 3 heterocycles. The molecule has 3 rings (SSSR count). The Morgan fingerprint density at radius 1 is 1.22 bits per heavy atom. The molecule has 104 valence electrons. The molecule has 4 nitrogen and oxygen atoms in total. The lowest BCUT2D eigenvalue weighted by molar-refractivity contribution is -0.140.